The maximum Gasteiger partial charge on any atom is 0.226 e. The average molecular weight is 321 g/mol. The van der Waals surface area contributed by atoms with Crippen LogP contribution >= 0.6 is 0 Å². The zero-order chi connectivity index (χ0) is 16.5. The van der Waals surface area contributed by atoms with Crippen molar-refractivity contribution in [2.24, 2.45) is 0 Å². The van der Waals surface area contributed by atoms with Gasteiger partial charge in [-0.3, -0.25) is 4.79 Å². The lowest BCUT2D eigenvalue weighted by atomic mass is 10.2. The second-order valence-electron chi connectivity index (χ2n) is 5.75. The number of fused-ring (bicyclic) bond motifs is 2. The summed E-state index contributed by atoms with van der Waals surface area (Å²) in [5.41, 5.74) is 2.58. The van der Waals surface area contributed by atoms with Crippen LogP contribution < -0.4 is 5.32 Å². The van der Waals surface area contributed by atoms with Gasteiger partial charge in [-0.15, -0.1) is 0 Å². The second kappa shape index (κ2) is 5.85. The summed E-state index contributed by atoms with van der Waals surface area (Å²) in [6.07, 6.45) is 4.05. The minimum atomic E-state index is -0.272. The molecule has 0 radical (unpaired) electrons. The molecular formula is C19H16FN3O. The van der Waals surface area contributed by atoms with Crippen LogP contribution in [0.25, 0.3) is 21.8 Å². The van der Waals surface area contributed by atoms with E-state index in [2.05, 4.69) is 10.3 Å². The molecule has 5 heteroatoms. The van der Waals surface area contributed by atoms with Crippen molar-refractivity contribution in [3.05, 3.63) is 66.7 Å². The van der Waals surface area contributed by atoms with Crippen molar-refractivity contribution in [3.8, 4) is 0 Å². The molecule has 0 aliphatic carbocycles. The smallest absolute Gasteiger partial charge is 0.226 e. The van der Waals surface area contributed by atoms with E-state index in [4.69, 9.17) is 0 Å². The van der Waals surface area contributed by atoms with Gasteiger partial charge in [0.25, 0.3) is 0 Å². The number of hydrogen-bond acceptors (Lipinski definition) is 1. The highest BCUT2D eigenvalue weighted by Gasteiger charge is 2.08. The topological polar surface area (TPSA) is 49.8 Å². The van der Waals surface area contributed by atoms with Crippen LogP contribution in [0.3, 0.4) is 0 Å². The van der Waals surface area contributed by atoms with Gasteiger partial charge >= 0.3 is 0 Å². The van der Waals surface area contributed by atoms with E-state index in [1.165, 1.54) is 12.1 Å². The summed E-state index contributed by atoms with van der Waals surface area (Å²) in [5, 5.41) is 4.90. The van der Waals surface area contributed by atoms with Gasteiger partial charge in [0.15, 0.2) is 0 Å². The average Bonchev–Trinajstić information content (AvgIpc) is 3.20. The van der Waals surface area contributed by atoms with E-state index in [9.17, 15) is 9.18 Å². The number of nitrogens with zero attached hydrogens (tertiary/aromatic N) is 1. The molecule has 4 nitrogen and oxygen atoms in total. The number of benzene rings is 2. The normalized spacial score (nSPS) is 11.2. The van der Waals surface area contributed by atoms with E-state index in [0.717, 1.165) is 27.5 Å². The Bertz CT molecular complexity index is 1030. The van der Waals surface area contributed by atoms with Gasteiger partial charge in [0.2, 0.25) is 5.91 Å². The largest absolute Gasteiger partial charge is 0.361 e. The van der Waals surface area contributed by atoms with Gasteiger partial charge in [0.05, 0.1) is 11.2 Å². The molecule has 2 heterocycles. The van der Waals surface area contributed by atoms with Crippen molar-refractivity contribution < 1.29 is 9.18 Å². The molecule has 2 N–H and O–H groups in total. The predicted molar refractivity (Wildman–Crippen MR) is 93.4 cm³/mol. The molecule has 0 fully saturated rings. The molecule has 2 aromatic carbocycles. The minimum absolute atomic E-state index is 0.0676. The van der Waals surface area contributed by atoms with Gasteiger partial charge in [-0.25, -0.2) is 4.39 Å². The number of halogens is 1. The summed E-state index contributed by atoms with van der Waals surface area (Å²) < 4.78 is 15.3. The summed E-state index contributed by atoms with van der Waals surface area (Å²) >= 11 is 0. The van der Waals surface area contributed by atoms with Crippen LogP contribution in [0.5, 0.6) is 0 Å². The molecule has 24 heavy (non-hydrogen) atoms. The van der Waals surface area contributed by atoms with Crippen LogP contribution in [0, 0.1) is 5.82 Å². The first-order chi connectivity index (χ1) is 11.7. The Balaban J connectivity index is 1.48. The fraction of sp³-hybridized carbons (Fsp3) is 0.105. The van der Waals surface area contributed by atoms with Gasteiger partial charge in [-0.1, -0.05) is 6.07 Å². The predicted octanol–water partition coefficient (Wildman–Crippen LogP) is 4.29. The van der Waals surface area contributed by atoms with E-state index < -0.39 is 0 Å². The second-order valence-corrected chi connectivity index (χ2v) is 5.75. The molecular weight excluding hydrogens is 305 g/mol. The third kappa shape index (κ3) is 2.65. The summed E-state index contributed by atoms with van der Waals surface area (Å²) in [7, 11) is 0. The molecule has 120 valence electrons. The zero-order valence-corrected chi connectivity index (χ0v) is 12.9. The van der Waals surface area contributed by atoms with Crippen LogP contribution in [0.1, 0.15) is 6.42 Å². The Morgan fingerprint density at radius 3 is 3.00 bits per heavy atom. The first-order valence-electron chi connectivity index (χ1n) is 7.81. The standard InChI is InChI=1S/C19H16FN3O/c20-14-5-4-13-7-10-23(18(13)12-14)11-8-19(24)22-17-3-1-2-16-15(17)6-9-21-16/h1-7,9-10,12,21H,8,11H2,(H,22,24). The Hall–Kier alpha value is -3.08. The van der Waals surface area contributed by atoms with Crippen molar-refractivity contribution in [1.82, 2.24) is 9.55 Å². The number of carbonyl (C=O) groups is 1. The Kier molecular flexibility index (Phi) is 3.54. The van der Waals surface area contributed by atoms with Crippen molar-refractivity contribution >= 4 is 33.4 Å². The number of aromatic nitrogens is 2. The third-order valence-electron chi connectivity index (χ3n) is 4.18. The Labute approximate surface area is 137 Å². The number of aromatic amines is 1. The quantitative estimate of drug-likeness (QED) is 0.579. The Morgan fingerprint density at radius 2 is 2.08 bits per heavy atom. The van der Waals surface area contributed by atoms with Gasteiger partial charge in [-0.2, -0.15) is 0 Å². The molecule has 0 saturated heterocycles. The maximum atomic E-state index is 13.4. The Morgan fingerprint density at radius 1 is 1.17 bits per heavy atom. The van der Waals surface area contributed by atoms with Crippen LogP contribution in [-0.4, -0.2) is 15.5 Å². The summed E-state index contributed by atoms with van der Waals surface area (Å²) in [5.74, 6) is -0.340. The molecule has 1 amide bonds. The highest BCUT2D eigenvalue weighted by Crippen LogP contribution is 2.22. The number of rotatable bonds is 4. The van der Waals surface area contributed by atoms with Gasteiger partial charge in [0.1, 0.15) is 5.82 Å². The summed E-state index contributed by atoms with van der Waals surface area (Å²) in [4.78, 5) is 15.4. The van der Waals surface area contributed by atoms with Crippen LogP contribution in [0.4, 0.5) is 10.1 Å². The molecule has 0 spiro atoms. The first-order valence-corrected chi connectivity index (χ1v) is 7.81. The zero-order valence-electron chi connectivity index (χ0n) is 12.9. The van der Waals surface area contributed by atoms with Crippen molar-refractivity contribution in [2.45, 2.75) is 13.0 Å². The molecule has 0 atom stereocenters. The number of anilines is 1. The molecule has 2 aromatic heterocycles. The van der Waals surface area contributed by atoms with Crippen molar-refractivity contribution in [3.63, 3.8) is 0 Å². The summed E-state index contributed by atoms with van der Waals surface area (Å²) in [6, 6.07) is 14.3. The molecule has 0 unspecified atom stereocenters. The number of carbonyl (C=O) groups excluding carboxylic acids is 1. The van der Waals surface area contributed by atoms with E-state index in [-0.39, 0.29) is 11.7 Å². The lowest BCUT2D eigenvalue weighted by Gasteiger charge is -2.08. The van der Waals surface area contributed by atoms with E-state index >= 15 is 0 Å². The molecule has 4 aromatic rings. The number of hydrogen-bond donors (Lipinski definition) is 2. The van der Waals surface area contributed by atoms with E-state index in [1.54, 1.807) is 6.07 Å². The molecule has 0 saturated carbocycles. The summed E-state index contributed by atoms with van der Waals surface area (Å²) in [6.45, 7) is 0.502. The fourth-order valence-electron chi connectivity index (χ4n) is 2.98. The minimum Gasteiger partial charge on any atom is -0.361 e. The first kappa shape index (κ1) is 14.5. The van der Waals surface area contributed by atoms with E-state index in [0.29, 0.717) is 13.0 Å². The van der Waals surface area contributed by atoms with Gasteiger partial charge in [-0.05, 0) is 47.9 Å². The van der Waals surface area contributed by atoms with Crippen molar-refractivity contribution in [2.75, 3.05) is 5.32 Å². The molecule has 0 aliphatic rings. The molecule has 0 aliphatic heterocycles. The SMILES string of the molecule is O=C(CCn1ccc2ccc(F)cc21)Nc1cccc2[nH]ccc12. The van der Waals surface area contributed by atoms with E-state index in [1.807, 2.05) is 47.3 Å². The lowest BCUT2D eigenvalue weighted by Crippen LogP contribution is -2.14. The van der Waals surface area contributed by atoms with Crippen molar-refractivity contribution in [1.29, 1.82) is 0 Å². The molecule has 0 bridgehead atoms. The number of amides is 1. The number of H-pyrrole nitrogens is 1. The number of aryl methyl sites for hydroxylation is 1. The fourth-order valence-corrected chi connectivity index (χ4v) is 2.98. The number of nitrogens with one attached hydrogen (secondary N) is 2. The van der Waals surface area contributed by atoms with Crippen LogP contribution in [0.2, 0.25) is 0 Å². The van der Waals surface area contributed by atoms with Crippen LogP contribution in [0.15, 0.2) is 60.9 Å². The monoisotopic (exact) mass is 321 g/mol. The maximum absolute atomic E-state index is 13.4. The highest BCUT2D eigenvalue weighted by molar-refractivity contribution is 6.01. The van der Waals surface area contributed by atoms with Crippen LogP contribution in [-0.2, 0) is 11.3 Å². The lowest BCUT2D eigenvalue weighted by molar-refractivity contribution is -0.116. The third-order valence-corrected chi connectivity index (χ3v) is 4.18. The van der Waals surface area contributed by atoms with Gasteiger partial charge < -0.3 is 14.9 Å². The molecule has 4 rings (SSSR count). The highest BCUT2D eigenvalue weighted by atomic mass is 19.1. The van der Waals surface area contributed by atoms with Gasteiger partial charge in [0, 0.05) is 36.3 Å².